The first-order valence-electron chi connectivity index (χ1n) is 9.08. The summed E-state index contributed by atoms with van der Waals surface area (Å²) in [5.74, 6) is 0.980. The molecule has 0 atom stereocenters. The predicted octanol–water partition coefficient (Wildman–Crippen LogP) is 3.21. The lowest BCUT2D eigenvalue weighted by atomic mass is 9.95. The number of carbonyl (C=O) groups is 1. The number of benzene rings is 1. The van der Waals surface area contributed by atoms with E-state index in [9.17, 15) is 4.79 Å². The van der Waals surface area contributed by atoms with Crippen LogP contribution in [0.2, 0.25) is 0 Å². The highest BCUT2D eigenvalue weighted by atomic mass is 16.5. The number of hydrogen-bond acceptors (Lipinski definition) is 3. The van der Waals surface area contributed by atoms with Crippen LogP contribution in [0.25, 0.3) is 6.08 Å². The molecule has 0 unspecified atom stereocenters. The number of likely N-dealkylation sites (tertiary alicyclic amines) is 1. The molecule has 1 aliphatic carbocycles. The highest BCUT2D eigenvalue weighted by Gasteiger charge is 2.32. The summed E-state index contributed by atoms with van der Waals surface area (Å²) in [6.45, 7) is 2.74. The van der Waals surface area contributed by atoms with Gasteiger partial charge in [-0.2, -0.15) is 0 Å². The molecule has 4 rings (SSSR count). The molecule has 0 spiro atoms. The van der Waals surface area contributed by atoms with Crippen LogP contribution in [-0.4, -0.2) is 42.2 Å². The zero-order valence-corrected chi connectivity index (χ0v) is 14.0. The van der Waals surface area contributed by atoms with Crippen LogP contribution in [0.1, 0.15) is 36.8 Å². The maximum absolute atomic E-state index is 10.9. The number of carboxylic acids is 1. The average molecular weight is 327 g/mol. The molecule has 0 radical (unpaired) electrons. The van der Waals surface area contributed by atoms with Crippen molar-refractivity contribution in [3.63, 3.8) is 0 Å². The molecule has 1 saturated heterocycles. The molecule has 0 aromatic heterocycles. The Bertz CT molecular complexity index is 655. The Morgan fingerprint density at radius 2 is 2.04 bits per heavy atom. The zero-order valence-electron chi connectivity index (χ0n) is 14.0. The Balaban J connectivity index is 1.37. The maximum atomic E-state index is 10.9. The number of carboxylic acid groups (broad SMARTS) is 1. The number of ether oxygens (including phenoxy) is 1. The summed E-state index contributed by atoms with van der Waals surface area (Å²) in [4.78, 5) is 13.0. The lowest BCUT2D eigenvalue weighted by Crippen LogP contribution is -2.51. The van der Waals surface area contributed by atoms with Crippen molar-refractivity contribution in [1.29, 1.82) is 0 Å². The minimum atomic E-state index is -0.680. The minimum Gasteiger partial charge on any atom is -0.489 e. The number of aliphatic carboxylic acids is 1. The van der Waals surface area contributed by atoms with Gasteiger partial charge in [-0.15, -0.1) is 0 Å². The molecule has 128 valence electrons. The number of rotatable bonds is 5. The lowest BCUT2D eigenvalue weighted by Gasteiger charge is -2.37. The van der Waals surface area contributed by atoms with Crippen molar-refractivity contribution in [2.75, 3.05) is 26.2 Å². The molecule has 0 amide bonds. The summed E-state index contributed by atoms with van der Waals surface area (Å²) in [6.07, 6.45) is 8.91. The van der Waals surface area contributed by atoms with E-state index in [0.29, 0.717) is 19.7 Å². The van der Waals surface area contributed by atoms with Gasteiger partial charge in [0, 0.05) is 25.2 Å². The van der Waals surface area contributed by atoms with Crippen molar-refractivity contribution in [1.82, 2.24) is 4.90 Å². The van der Waals surface area contributed by atoms with E-state index in [-0.39, 0.29) is 5.92 Å². The van der Waals surface area contributed by atoms with Crippen molar-refractivity contribution in [2.24, 2.45) is 11.8 Å². The van der Waals surface area contributed by atoms with Gasteiger partial charge in [0.05, 0.1) is 5.92 Å². The van der Waals surface area contributed by atoms with E-state index in [1.54, 1.807) is 0 Å². The standard InChI is InChI=1S/C20H25NO3/c22-20(23)18-11-21(12-18)10-16-8-17-6-5-15(9-19(17)24-13-16)7-14-3-1-2-4-14/h5-6,8-9,14,18H,1-4,7,10-13H2,(H,22,23). The van der Waals surface area contributed by atoms with Gasteiger partial charge in [-0.3, -0.25) is 9.69 Å². The normalized spacial score (nSPS) is 21.8. The van der Waals surface area contributed by atoms with Gasteiger partial charge in [-0.25, -0.2) is 0 Å². The van der Waals surface area contributed by atoms with Crippen LogP contribution in [-0.2, 0) is 11.2 Å². The molecular weight excluding hydrogens is 302 g/mol. The predicted molar refractivity (Wildman–Crippen MR) is 93.1 cm³/mol. The molecule has 1 N–H and O–H groups in total. The number of hydrogen-bond donors (Lipinski definition) is 1. The lowest BCUT2D eigenvalue weighted by molar-refractivity contribution is -0.147. The van der Waals surface area contributed by atoms with Crippen molar-refractivity contribution < 1.29 is 14.6 Å². The Morgan fingerprint density at radius 1 is 1.25 bits per heavy atom. The molecule has 24 heavy (non-hydrogen) atoms. The molecule has 2 aliphatic heterocycles. The largest absolute Gasteiger partial charge is 0.489 e. The smallest absolute Gasteiger partial charge is 0.309 e. The molecule has 1 aromatic rings. The first-order valence-corrected chi connectivity index (χ1v) is 9.08. The number of nitrogens with zero attached hydrogens (tertiary/aromatic N) is 1. The van der Waals surface area contributed by atoms with Gasteiger partial charge < -0.3 is 9.84 Å². The van der Waals surface area contributed by atoms with Crippen molar-refractivity contribution >= 4 is 12.0 Å². The molecule has 3 aliphatic rings. The van der Waals surface area contributed by atoms with Gasteiger partial charge >= 0.3 is 5.97 Å². The van der Waals surface area contributed by atoms with E-state index in [2.05, 4.69) is 29.2 Å². The van der Waals surface area contributed by atoms with Crippen LogP contribution in [0.3, 0.4) is 0 Å². The molecule has 2 heterocycles. The van der Waals surface area contributed by atoms with Crippen LogP contribution in [0, 0.1) is 11.8 Å². The Labute approximate surface area is 143 Å². The van der Waals surface area contributed by atoms with Gasteiger partial charge in [0.1, 0.15) is 12.4 Å². The Morgan fingerprint density at radius 3 is 2.79 bits per heavy atom. The fourth-order valence-corrected chi connectivity index (χ4v) is 4.16. The van der Waals surface area contributed by atoms with E-state index in [0.717, 1.165) is 23.8 Å². The fourth-order valence-electron chi connectivity index (χ4n) is 4.16. The molecular formula is C20H25NO3. The van der Waals surface area contributed by atoms with Crippen LogP contribution in [0.4, 0.5) is 0 Å². The topological polar surface area (TPSA) is 49.8 Å². The molecule has 1 aromatic carbocycles. The summed E-state index contributed by atoms with van der Waals surface area (Å²) >= 11 is 0. The molecule has 0 bridgehead atoms. The molecule has 4 nitrogen and oxygen atoms in total. The Hall–Kier alpha value is -1.81. The SMILES string of the molecule is O=C(O)C1CN(CC2=Cc3ccc(CC4CCCC4)cc3OC2)C1. The van der Waals surface area contributed by atoms with Gasteiger partial charge in [-0.05, 0) is 35.6 Å². The highest BCUT2D eigenvalue weighted by Crippen LogP contribution is 2.32. The first kappa shape index (κ1) is 15.7. The third-order valence-corrected chi connectivity index (χ3v) is 5.58. The van der Waals surface area contributed by atoms with Crippen molar-refractivity contribution in [2.45, 2.75) is 32.1 Å². The van der Waals surface area contributed by atoms with E-state index in [1.165, 1.54) is 43.2 Å². The minimum absolute atomic E-state index is 0.194. The fraction of sp³-hybridized carbons (Fsp3) is 0.550. The summed E-state index contributed by atoms with van der Waals surface area (Å²) in [7, 11) is 0. The molecule has 2 fully saturated rings. The van der Waals surface area contributed by atoms with Crippen LogP contribution < -0.4 is 4.74 Å². The average Bonchev–Trinajstić information content (AvgIpc) is 3.03. The van der Waals surface area contributed by atoms with Gasteiger partial charge in [0.15, 0.2) is 0 Å². The maximum Gasteiger partial charge on any atom is 0.309 e. The highest BCUT2D eigenvalue weighted by molar-refractivity contribution is 5.71. The first-order chi connectivity index (χ1) is 11.7. The summed E-state index contributed by atoms with van der Waals surface area (Å²) in [5.41, 5.74) is 3.78. The second-order valence-electron chi connectivity index (χ2n) is 7.55. The second-order valence-corrected chi connectivity index (χ2v) is 7.55. The summed E-state index contributed by atoms with van der Waals surface area (Å²) in [6, 6.07) is 6.63. The third kappa shape index (κ3) is 3.34. The molecule has 4 heteroatoms. The summed E-state index contributed by atoms with van der Waals surface area (Å²) in [5, 5.41) is 8.95. The van der Waals surface area contributed by atoms with E-state index < -0.39 is 5.97 Å². The van der Waals surface area contributed by atoms with E-state index in [4.69, 9.17) is 9.84 Å². The van der Waals surface area contributed by atoms with Crippen molar-refractivity contribution in [3.8, 4) is 5.75 Å². The second kappa shape index (κ2) is 6.60. The number of fused-ring (bicyclic) bond motifs is 1. The van der Waals surface area contributed by atoms with Crippen molar-refractivity contribution in [3.05, 3.63) is 34.9 Å². The van der Waals surface area contributed by atoms with Crippen LogP contribution in [0.5, 0.6) is 5.75 Å². The third-order valence-electron chi connectivity index (χ3n) is 5.58. The van der Waals surface area contributed by atoms with Gasteiger partial charge in [-0.1, -0.05) is 37.8 Å². The van der Waals surface area contributed by atoms with Gasteiger partial charge in [0.2, 0.25) is 0 Å². The monoisotopic (exact) mass is 327 g/mol. The van der Waals surface area contributed by atoms with E-state index in [1.807, 2.05) is 0 Å². The zero-order chi connectivity index (χ0) is 16.5. The van der Waals surface area contributed by atoms with Gasteiger partial charge in [0.25, 0.3) is 0 Å². The van der Waals surface area contributed by atoms with Crippen LogP contribution >= 0.6 is 0 Å². The van der Waals surface area contributed by atoms with Crippen LogP contribution in [0.15, 0.2) is 23.8 Å². The Kier molecular flexibility index (Phi) is 4.31. The quantitative estimate of drug-likeness (QED) is 0.902. The van der Waals surface area contributed by atoms with E-state index >= 15 is 0 Å². The summed E-state index contributed by atoms with van der Waals surface area (Å²) < 4.78 is 5.97. The molecule has 1 saturated carbocycles.